The van der Waals surface area contributed by atoms with Crippen molar-refractivity contribution in [2.24, 2.45) is 5.73 Å². The molecule has 0 bridgehead atoms. The minimum atomic E-state index is -1.63. The summed E-state index contributed by atoms with van der Waals surface area (Å²) in [5.41, 5.74) is 7.13. The van der Waals surface area contributed by atoms with Gasteiger partial charge in [-0.15, -0.1) is 0 Å². The number of carbonyl (C=O) groups is 1. The Balaban J connectivity index is 1.95. The lowest BCUT2D eigenvalue weighted by atomic mass is 9.99. The Bertz CT molecular complexity index is 570. The van der Waals surface area contributed by atoms with Crippen LogP contribution in [0.15, 0.2) is 35.6 Å². The van der Waals surface area contributed by atoms with Crippen molar-refractivity contribution < 1.29 is 39.4 Å². The fourth-order valence-electron chi connectivity index (χ4n) is 2.55. The standard InChI is InChI=1S/C16H23NO8/c1-23-10-6-8(2-4-9(10)17)3-5-12(19)25-16-15(22)14(21)13(20)11(7-18)24-16/h2-5,10-11,13-16,18,20-22H,6-7,17H2,1H3/b5-3+. The molecule has 9 nitrogen and oxygen atoms in total. The lowest BCUT2D eigenvalue weighted by Gasteiger charge is -2.38. The molecule has 140 valence electrons. The molecule has 9 heteroatoms. The van der Waals surface area contributed by atoms with Gasteiger partial charge in [0.2, 0.25) is 6.29 Å². The van der Waals surface area contributed by atoms with Gasteiger partial charge in [0.05, 0.1) is 6.61 Å². The third kappa shape index (κ3) is 4.66. The molecular weight excluding hydrogens is 334 g/mol. The van der Waals surface area contributed by atoms with Crippen molar-refractivity contribution in [1.82, 2.24) is 0 Å². The van der Waals surface area contributed by atoms with E-state index >= 15 is 0 Å². The summed E-state index contributed by atoms with van der Waals surface area (Å²) in [6.45, 7) is -0.603. The molecule has 0 aromatic rings. The summed E-state index contributed by atoms with van der Waals surface area (Å²) < 4.78 is 15.2. The van der Waals surface area contributed by atoms with E-state index in [2.05, 4.69) is 0 Å². The molecule has 2 aliphatic rings. The van der Waals surface area contributed by atoms with Gasteiger partial charge in [0.1, 0.15) is 30.5 Å². The molecule has 0 aromatic carbocycles. The van der Waals surface area contributed by atoms with Crippen LogP contribution in [-0.4, -0.2) is 76.9 Å². The Morgan fingerprint density at radius 3 is 2.68 bits per heavy atom. The summed E-state index contributed by atoms with van der Waals surface area (Å²) >= 11 is 0. The van der Waals surface area contributed by atoms with Gasteiger partial charge in [-0.1, -0.05) is 12.2 Å². The van der Waals surface area contributed by atoms with Crippen LogP contribution in [0.1, 0.15) is 6.42 Å². The zero-order valence-corrected chi connectivity index (χ0v) is 13.7. The van der Waals surface area contributed by atoms with Crippen LogP contribution in [0.2, 0.25) is 0 Å². The van der Waals surface area contributed by atoms with Crippen LogP contribution in [0.3, 0.4) is 0 Å². The first kappa shape index (κ1) is 19.6. The molecule has 1 heterocycles. The third-order valence-corrected chi connectivity index (χ3v) is 4.08. The number of aliphatic hydroxyl groups is 4. The van der Waals surface area contributed by atoms with Gasteiger partial charge < -0.3 is 40.4 Å². The first-order valence-corrected chi connectivity index (χ1v) is 7.75. The molecule has 0 amide bonds. The van der Waals surface area contributed by atoms with Gasteiger partial charge in [0.25, 0.3) is 0 Å². The molecule has 0 saturated carbocycles. The van der Waals surface area contributed by atoms with E-state index in [1.54, 1.807) is 12.2 Å². The van der Waals surface area contributed by atoms with E-state index in [9.17, 15) is 20.1 Å². The highest BCUT2D eigenvalue weighted by molar-refractivity contribution is 5.82. The third-order valence-electron chi connectivity index (χ3n) is 4.08. The van der Waals surface area contributed by atoms with E-state index in [0.29, 0.717) is 12.1 Å². The Morgan fingerprint density at radius 2 is 2.04 bits per heavy atom. The van der Waals surface area contributed by atoms with Crippen LogP contribution >= 0.6 is 0 Å². The fraction of sp³-hybridized carbons (Fsp3) is 0.562. The summed E-state index contributed by atoms with van der Waals surface area (Å²) in [5, 5.41) is 38.2. The van der Waals surface area contributed by atoms with Crippen LogP contribution in [0.5, 0.6) is 0 Å². The van der Waals surface area contributed by atoms with E-state index in [1.807, 2.05) is 0 Å². The Labute approximate surface area is 144 Å². The van der Waals surface area contributed by atoms with Crippen LogP contribution in [0.4, 0.5) is 0 Å². The number of carbonyl (C=O) groups excluding carboxylic acids is 1. The lowest BCUT2D eigenvalue weighted by Crippen LogP contribution is -2.59. The summed E-state index contributed by atoms with van der Waals surface area (Å²) in [7, 11) is 1.53. The second-order valence-corrected chi connectivity index (χ2v) is 5.80. The van der Waals surface area contributed by atoms with Gasteiger partial charge in [-0.05, 0) is 11.6 Å². The van der Waals surface area contributed by atoms with Crippen molar-refractivity contribution in [1.29, 1.82) is 0 Å². The number of ether oxygens (including phenoxy) is 3. The molecule has 6 unspecified atom stereocenters. The van der Waals surface area contributed by atoms with Crippen LogP contribution in [0.25, 0.3) is 0 Å². The maximum Gasteiger partial charge on any atom is 0.333 e. The summed E-state index contributed by atoms with van der Waals surface area (Å²) in [6.07, 6.45) is -1.12. The van der Waals surface area contributed by atoms with E-state index in [0.717, 1.165) is 11.6 Å². The van der Waals surface area contributed by atoms with Gasteiger partial charge >= 0.3 is 5.97 Å². The monoisotopic (exact) mass is 357 g/mol. The smallest absolute Gasteiger partial charge is 0.333 e. The number of aliphatic hydroxyl groups excluding tert-OH is 4. The lowest BCUT2D eigenvalue weighted by molar-refractivity contribution is -0.291. The molecule has 1 aliphatic carbocycles. The number of allylic oxidation sites excluding steroid dienone is 3. The van der Waals surface area contributed by atoms with Crippen LogP contribution in [0, 0.1) is 0 Å². The molecule has 0 spiro atoms. The van der Waals surface area contributed by atoms with Crippen molar-refractivity contribution in [2.75, 3.05) is 13.7 Å². The second kappa shape index (κ2) is 8.56. The largest absolute Gasteiger partial charge is 0.430 e. The first-order chi connectivity index (χ1) is 11.9. The van der Waals surface area contributed by atoms with E-state index in [-0.39, 0.29) is 6.10 Å². The Morgan fingerprint density at radius 1 is 1.32 bits per heavy atom. The number of hydrogen-bond donors (Lipinski definition) is 5. The zero-order valence-electron chi connectivity index (χ0n) is 13.7. The molecule has 2 rings (SSSR count). The normalized spacial score (nSPS) is 36.0. The number of esters is 1. The van der Waals surface area contributed by atoms with Crippen LogP contribution < -0.4 is 5.73 Å². The number of hydrogen-bond acceptors (Lipinski definition) is 9. The van der Waals surface area contributed by atoms with Crippen molar-refractivity contribution >= 4 is 5.97 Å². The predicted octanol–water partition coefficient (Wildman–Crippen LogP) is -1.93. The highest BCUT2D eigenvalue weighted by Gasteiger charge is 2.45. The topological polar surface area (TPSA) is 152 Å². The molecule has 0 radical (unpaired) electrons. The van der Waals surface area contributed by atoms with Gasteiger partial charge in [-0.2, -0.15) is 0 Å². The van der Waals surface area contributed by atoms with E-state index in [4.69, 9.17) is 25.1 Å². The Hall–Kier alpha value is -1.75. The van der Waals surface area contributed by atoms with Crippen molar-refractivity contribution in [3.8, 4) is 0 Å². The summed E-state index contributed by atoms with van der Waals surface area (Å²) in [5.74, 6) is -0.818. The van der Waals surface area contributed by atoms with Crippen molar-refractivity contribution in [3.63, 3.8) is 0 Å². The summed E-state index contributed by atoms with van der Waals surface area (Å²) in [4.78, 5) is 11.9. The van der Waals surface area contributed by atoms with Crippen molar-refractivity contribution in [2.45, 2.75) is 43.2 Å². The van der Waals surface area contributed by atoms with E-state index in [1.165, 1.54) is 13.2 Å². The molecule has 6 N–H and O–H groups in total. The number of methoxy groups -OCH3 is 1. The SMILES string of the molecule is COC1CC(/C=C/C(=O)OC2OC(CO)C(O)C(O)C2O)=CC=C1N. The number of nitrogens with two attached hydrogens (primary N) is 1. The maximum absolute atomic E-state index is 11.9. The average molecular weight is 357 g/mol. The molecule has 6 atom stereocenters. The number of rotatable bonds is 5. The highest BCUT2D eigenvalue weighted by atomic mass is 16.7. The van der Waals surface area contributed by atoms with Gasteiger partial charge in [-0.25, -0.2) is 4.79 Å². The Kier molecular flexibility index (Phi) is 6.71. The quantitative estimate of drug-likeness (QED) is 0.280. The minimum Gasteiger partial charge on any atom is -0.430 e. The second-order valence-electron chi connectivity index (χ2n) is 5.80. The molecule has 1 aliphatic heterocycles. The van der Waals surface area contributed by atoms with Gasteiger partial charge in [0, 0.05) is 25.3 Å². The first-order valence-electron chi connectivity index (χ1n) is 7.75. The molecule has 1 fully saturated rings. The molecule has 1 saturated heterocycles. The van der Waals surface area contributed by atoms with Gasteiger partial charge in [0.15, 0.2) is 0 Å². The van der Waals surface area contributed by atoms with Gasteiger partial charge in [-0.3, -0.25) is 0 Å². The summed E-state index contributed by atoms with van der Waals surface area (Å²) in [6, 6.07) is 0. The molecule has 0 aromatic heterocycles. The van der Waals surface area contributed by atoms with Crippen molar-refractivity contribution in [3.05, 3.63) is 35.6 Å². The van der Waals surface area contributed by atoms with Crippen LogP contribution in [-0.2, 0) is 19.0 Å². The fourth-order valence-corrected chi connectivity index (χ4v) is 2.55. The average Bonchev–Trinajstić information content (AvgIpc) is 2.61. The molecule has 25 heavy (non-hydrogen) atoms. The highest BCUT2D eigenvalue weighted by Crippen LogP contribution is 2.23. The zero-order chi connectivity index (χ0) is 18.6. The predicted molar refractivity (Wildman–Crippen MR) is 84.8 cm³/mol. The van der Waals surface area contributed by atoms with E-state index < -0.39 is 43.3 Å². The maximum atomic E-state index is 11.9. The molecular formula is C16H23NO8. The minimum absolute atomic E-state index is 0.272.